The first-order valence-corrected chi connectivity index (χ1v) is 12.9. The maximum Gasteiger partial charge on any atom is 0.240 e. The van der Waals surface area contributed by atoms with Gasteiger partial charge in [0.15, 0.2) is 0 Å². The van der Waals surface area contributed by atoms with Crippen molar-refractivity contribution in [2.75, 3.05) is 26.7 Å². The molecule has 0 radical (unpaired) electrons. The Balaban J connectivity index is 1.41. The summed E-state index contributed by atoms with van der Waals surface area (Å²) in [5, 5.41) is 0. The van der Waals surface area contributed by atoms with Gasteiger partial charge in [0, 0.05) is 32.2 Å². The highest BCUT2D eigenvalue weighted by molar-refractivity contribution is 7.89. The first kappa shape index (κ1) is 22.5. The van der Waals surface area contributed by atoms with Gasteiger partial charge in [-0.1, -0.05) is 35.4 Å². The molecule has 6 heteroatoms. The molecule has 31 heavy (non-hydrogen) atoms. The van der Waals surface area contributed by atoms with Gasteiger partial charge in [0.2, 0.25) is 10.0 Å². The van der Waals surface area contributed by atoms with E-state index in [1.54, 1.807) is 6.07 Å². The Morgan fingerprint density at radius 2 is 1.81 bits per heavy atom. The fraction of sp³-hybridized carbons (Fsp3) is 0.520. The number of likely N-dealkylation sites (tertiary alicyclic amines) is 1. The van der Waals surface area contributed by atoms with Gasteiger partial charge in [-0.25, -0.2) is 13.1 Å². The van der Waals surface area contributed by atoms with Crippen molar-refractivity contribution in [1.29, 1.82) is 0 Å². The van der Waals surface area contributed by atoms with E-state index < -0.39 is 10.0 Å². The summed E-state index contributed by atoms with van der Waals surface area (Å²) in [7, 11) is -1.35. The van der Waals surface area contributed by atoms with Crippen molar-refractivity contribution >= 4 is 10.0 Å². The molecule has 0 spiro atoms. The Kier molecular flexibility index (Phi) is 6.82. The summed E-state index contributed by atoms with van der Waals surface area (Å²) in [5.74, 6) is 0. The second-order valence-electron chi connectivity index (χ2n) is 9.35. The molecule has 168 valence electrons. The average molecular weight is 442 g/mol. The topological polar surface area (TPSA) is 52.7 Å². The van der Waals surface area contributed by atoms with Gasteiger partial charge in [0.05, 0.1) is 4.90 Å². The first-order chi connectivity index (χ1) is 14.8. The Hall–Kier alpha value is -1.73. The summed E-state index contributed by atoms with van der Waals surface area (Å²) in [4.78, 5) is 5.13. The van der Waals surface area contributed by atoms with Crippen LogP contribution in [0.1, 0.15) is 47.1 Å². The average Bonchev–Trinajstić information content (AvgIpc) is 3.11. The highest BCUT2D eigenvalue weighted by Gasteiger charge is 2.23. The SMILES string of the molecule is Cc1cc(C)cc(CN2CCc3ccc(S(=O)(=O)NCCC4CCCN4C)cc3C2)c1. The Bertz CT molecular complexity index is 1010. The maximum atomic E-state index is 12.9. The van der Waals surface area contributed by atoms with Gasteiger partial charge < -0.3 is 4.90 Å². The summed E-state index contributed by atoms with van der Waals surface area (Å²) in [6.07, 6.45) is 4.19. The van der Waals surface area contributed by atoms with E-state index in [1.165, 1.54) is 28.7 Å². The maximum absolute atomic E-state index is 12.9. The monoisotopic (exact) mass is 441 g/mol. The van der Waals surface area contributed by atoms with E-state index in [-0.39, 0.29) is 0 Å². The number of fused-ring (bicyclic) bond motifs is 1. The fourth-order valence-corrected chi connectivity index (χ4v) is 6.20. The van der Waals surface area contributed by atoms with Crippen LogP contribution in [0.25, 0.3) is 0 Å². The van der Waals surface area contributed by atoms with Gasteiger partial charge in [-0.15, -0.1) is 0 Å². The first-order valence-electron chi connectivity index (χ1n) is 11.4. The second kappa shape index (κ2) is 9.41. The molecule has 0 bridgehead atoms. The van der Waals surface area contributed by atoms with Gasteiger partial charge in [0.25, 0.3) is 0 Å². The predicted octanol–water partition coefficient (Wildman–Crippen LogP) is 3.62. The summed E-state index contributed by atoms with van der Waals surface area (Å²) < 4.78 is 28.6. The zero-order valence-electron chi connectivity index (χ0n) is 19.0. The van der Waals surface area contributed by atoms with Crippen molar-refractivity contribution in [2.24, 2.45) is 0 Å². The van der Waals surface area contributed by atoms with Crippen LogP contribution in [0.3, 0.4) is 0 Å². The second-order valence-corrected chi connectivity index (χ2v) is 11.1. The molecular weight excluding hydrogens is 406 g/mol. The van der Waals surface area contributed by atoms with E-state index >= 15 is 0 Å². The molecule has 1 atom stereocenters. The number of benzene rings is 2. The highest BCUT2D eigenvalue weighted by atomic mass is 32.2. The summed E-state index contributed by atoms with van der Waals surface area (Å²) in [5.41, 5.74) is 6.30. The molecule has 0 aromatic heterocycles. The van der Waals surface area contributed by atoms with Crippen LogP contribution in [0.5, 0.6) is 0 Å². The quantitative estimate of drug-likeness (QED) is 0.713. The third-order valence-electron chi connectivity index (χ3n) is 6.71. The molecule has 2 aliphatic heterocycles. The number of nitrogens with one attached hydrogen (secondary N) is 1. The van der Waals surface area contributed by atoms with Crippen molar-refractivity contribution < 1.29 is 8.42 Å². The van der Waals surface area contributed by atoms with Crippen LogP contribution >= 0.6 is 0 Å². The molecular formula is C25H35N3O2S. The third kappa shape index (κ3) is 5.55. The largest absolute Gasteiger partial charge is 0.303 e. The van der Waals surface area contributed by atoms with E-state index in [2.05, 4.69) is 53.6 Å². The number of rotatable bonds is 7. The molecule has 2 heterocycles. The molecule has 0 amide bonds. The highest BCUT2D eigenvalue weighted by Crippen LogP contribution is 2.24. The lowest BCUT2D eigenvalue weighted by Gasteiger charge is -2.29. The number of hydrogen-bond acceptors (Lipinski definition) is 4. The summed E-state index contributed by atoms with van der Waals surface area (Å²) in [6.45, 7) is 8.56. The van der Waals surface area contributed by atoms with Crippen LogP contribution in [0.15, 0.2) is 41.3 Å². The molecule has 2 aliphatic rings. The molecule has 1 N–H and O–H groups in total. The Morgan fingerprint density at radius 3 is 2.52 bits per heavy atom. The number of nitrogens with zero attached hydrogens (tertiary/aromatic N) is 2. The fourth-order valence-electron chi connectivity index (χ4n) is 5.10. The van der Waals surface area contributed by atoms with Gasteiger partial charge >= 0.3 is 0 Å². The van der Waals surface area contributed by atoms with Crippen molar-refractivity contribution in [1.82, 2.24) is 14.5 Å². The minimum absolute atomic E-state index is 0.388. The normalized spacial score (nSPS) is 20.2. The Morgan fingerprint density at radius 1 is 1.03 bits per heavy atom. The van der Waals surface area contributed by atoms with Crippen molar-refractivity contribution in [3.05, 3.63) is 64.2 Å². The summed E-state index contributed by atoms with van der Waals surface area (Å²) >= 11 is 0. The van der Waals surface area contributed by atoms with Gasteiger partial charge in [-0.2, -0.15) is 0 Å². The van der Waals surface area contributed by atoms with E-state index in [4.69, 9.17) is 0 Å². The smallest absolute Gasteiger partial charge is 0.240 e. The van der Waals surface area contributed by atoms with Crippen LogP contribution in [-0.2, 0) is 29.5 Å². The van der Waals surface area contributed by atoms with Crippen LogP contribution in [0.2, 0.25) is 0 Å². The van der Waals surface area contributed by atoms with Crippen LogP contribution < -0.4 is 4.72 Å². The van der Waals surface area contributed by atoms with Gasteiger partial charge in [-0.3, -0.25) is 4.90 Å². The third-order valence-corrected chi connectivity index (χ3v) is 8.17. The standard InChI is InChI=1S/C25H35N3O2S/c1-19-13-20(2)15-21(14-19)17-28-12-9-22-6-7-25(16-23(22)18-28)31(29,30)26-10-8-24-5-4-11-27(24)3/h6-7,13-16,24,26H,4-5,8-12,17-18H2,1-3H3. The van der Waals surface area contributed by atoms with Crippen molar-refractivity contribution in [2.45, 2.75) is 63.6 Å². The van der Waals surface area contributed by atoms with Crippen LogP contribution in [0.4, 0.5) is 0 Å². The lowest BCUT2D eigenvalue weighted by atomic mass is 9.99. The molecule has 4 rings (SSSR count). The Labute approximate surface area is 187 Å². The van der Waals surface area contributed by atoms with Gasteiger partial charge in [-0.05, 0) is 81.9 Å². The van der Waals surface area contributed by atoms with Crippen molar-refractivity contribution in [3.8, 4) is 0 Å². The molecule has 5 nitrogen and oxygen atoms in total. The van der Waals surface area contributed by atoms with Gasteiger partial charge in [0.1, 0.15) is 0 Å². The van der Waals surface area contributed by atoms with E-state index in [0.717, 1.165) is 51.0 Å². The van der Waals surface area contributed by atoms with Crippen LogP contribution in [-0.4, -0.2) is 50.9 Å². The van der Waals surface area contributed by atoms with E-state index in [0.29, 0.717) is 17.5 Å². The molecule has 0 saturated carbocycles. The number of aryl methyl sites for hydroxylation is 2. The molecule has 2 aromatic rings. The van der Waals surface area contributed by atoms with Crippen LogP contribution in [0, 0.1) is 13.8 Å². The molecule has 0 aliphatic carbocycles. The molecule has 1 fully saturated rings. The number of sulfonamides is 1. The number of hydrogen-bond donors (Lipinski definition) is 1. The zero-order chi connectivity index (χ0) is 22.0. The lowest BCUT2D eigenvalue weighted by molar-refractivity contribution is 0.245. The minimum atomic E-state index is -3.48. The lowest BCUT2D eigenvalue weighted by Crippen LogP contribution is -2.32. The van der Waals surface area contributed by atoms with Crippen molar-refractivity contribution in [3.63, 3.8) is 0 Å². The van der Waals surface area contributed by atoms with E-state index in [1.807, 2.05) is 12.1 Å². The molecule has 1 unspecified atom stereocenters. The molecule has 2 aromatic carbocycles. The molecule has 1 saturated heterocycles. The minimum Gasteiger partial charge on any atom is -0.303 e. The van der Waals surface area contributed by atoms with E-state index in [9.17, 15) is 8.42 Å². The zero-order valence-corrected chi connectivity index (χ0v) is 19.8. The summed E-state index contributed by atoms with van der Waals surface area (Å²) in [6, 6.07) is 12.8. The predicted molar refractivity (Wildman–Crippen MR) is 126 cm³/mol.